The van der Waals surface area contributed by atoms with Gasteiger partial charge < -0.3 is 5.73 Å². The molecule has 28 heavy (non-hydrogen) atoms. The average Bonchev–Trinajstić information content (AvgIpc) is 3.39. The van der Waals surface area contributed by atoms with Crippen LogP contribution in [0.1, 0.15) is 28.8 Å². The number of rotatable bonds is 7. The van der Waals surface area contributed by atoms with Gasteiger partial charge in [-0.2, -0.15) is 9.37 Å². The maximum atomic E-state index is 13.0. The Morgan fingerprint density at radius 1 is 1.29 bits per heavy atom. The van der Waals surface area contributed by atoms with Crippen LogP contribution in [0, 0.1) is 11.7 Å². The summed E-state index contributed by atoms with van der Waals surface area (Å²) in [6.07, 6.45) is 1.25. The molecule has 1 aliphatic carbocycles. The summed E-state index contributed by atoms with van der Waals surface area (Å²) in [4.78, 5) is 23.8. The molecule has 3 rings (SSSR count). The van der Waals surface area contributed by atoms with E-state index >= 15 is 0 Å². The minimum absolute atomic E-state index is 0.0361. The first-order chi connectivity index (χ1) is 13.1. The maximum Gasteiger partial charge on any atom is 0.254 e. The van der Waals surface area contributed by atoms with Crippen molar-refractivity contribution in [3.05, 3.63) is 47.3 Å². The molecule has 0 aliphatic heterocycles. The van der Waals surface area contributed by atoms with Gasteiger partial charge in [0.1, 0.15) is 15.0 Å². The van der Waals surface area contributed by atoms with Crippen molar-refractivity contribution < 1.29 is 27.6 Å². The number of hydrogen-bond acceptors (Lipinski definition) is 6. The molecule has 8 nitrogen and oxygen atoms in total. The zero-order valence-electron chi connectivity index (χ0n) is 14.8. The van der Waals surface area contributed by atoms with Gasteiger partial charge in [-0.1, -0.05) is 12.1 Å². The van der Waals surface area contributed by atoms with Crippen molar-refractivity contribution in [2.24, 2.45) is 11.7 Å². The molecule has 0 bridgehead atoms. The van der Waals surface area contributed by atoms with Crippen LogP contribution in [0.5, 0.6) is 0 Å². The number of benzene rings is 1. The Labute approximate surface area is 165 Å². The predicted molar refractivity (Wildman–Crippen MR) is 99.9 cm³/mol. The molecule has 0 radical (unpaired) electrons. The van der Waals surface area contributed by atoms with Gasteiger partial charge in [0.25, 0.3) is 21.8 Å². The van der Waals surface area contributed by atoms with Gasteiger partial charge >= 0.3 is 0 Å². The third-order valence-corrected chi connectivity index (χ3v) is 7.63. The summed E-state index contributed by atoms with van der Waals surface area (Å²) in [5.41, 5.74) is 5.60. The molecule has 0 atom stereocenters. The minimum Gasteiger partial charge on any atom is -0.366 e. The molecule has 1 heterocycles. The number of carbonyl (C=O) groups is 2. The number of primary amides is 1. The Hall–Kier alpha value is -2.34. The number of halogens is 1. The number of sulfonamides is 1. The molecular weight excluding hydrogens is 409 g/mol. The van der Waals surface area contributed by atoms with Crippen molar-refractivity contribution in [3.63, 3.8) is 0 Å². The summed E-state index contributed by atoms with van der Waals surface area (Å²) in [5.74, 6) is -2.34. The van der Waals surface area contributed by atoms with Gasteiger partial charge in [-0.3, -0.25) is 14.8 Å². The summed E-state index contributed by atoms with van der Waals surface area (Å²) in [6, 6.07) is 6.40. The molecule has 0 saturated heterocycles. The number of thiophene rings is 1. The molecule has 2 aromatic rings. The smallest absolute Gasteiger partial charge is 0.254 e. The van der Waals surface area contributed by atoms with Crippen LogP contribution in [0.3, 0.4) is 0 Å². The van der Waals surface area contributed by atoms with E-state index in [9.17, 15) is 27.6 Å². The number of nitrogens with zero attached hydrogens (tertiary/aromatic N) is 2. The highest BCUT2D eigenvalue weighted by Crippen LogP contribution is 2.38. The molecule has 1 fully saturated rings. The second kappa shape index (κ2) is 7.59. The molecule has 150 valence electrons. The first-order valence-electron chi connectivity index (χ1n) is 8.28. The first-order valence-corrected chi connectivity index (χ1v) is 10.5. The van der Waals surface area contributed by atoms with E-state index in [2.05, 4.69) is 0 Å². The Morgan fingerprint density at radius 2 is 1.89 bits per heavy atom. The van der Waals surface area contributed by atoms with E-state index < -0.39 is 27.7 Å². The zero-order valence-corrected chi connectivity index (χ0v) is 16.5. The predicted octanol–water partition coefficient (Wildman–Crippen LogP) is 1.94. The lowest BCUT2D eigenvalue weighted by molar-refractivity contribution is -0.124. The minimum atomic E-state index is -4.05. The summed E-state index contributed by atoms with van der Waals surface area (Å²) >= 11 is 0.582. The van der Waals surface area contributed by atoms with Crippen molar-refractivity contribution >= 4 is 38.2 Å². The highest BCUT2D eigenvalue weighted by atomic mass is 32.2. The highest BCUT2D eigenvalue weighted by Gasteiger charge is 2.37. The van der Waals surface area contributed by atoms with E-state index in [4.69, 9.17) is 5.73 Å². The van der Waals surface area contributed by atoms with Crippen LogP contribution < -0.4 is 10.8 Å². The highest BCUT2D eigenvalue weighted by molar-refractivity contribution is 7.91. The Balaban J connectivity index is 1.90. The van der Waals surface area contributed by atoms with Gasteiger partial charge in [0.15, 0.2) is 0 Å². The van der Waals surface area contributed by atoms with Crippen LogP contribution in [0.25, 0.3) is 0 Å². The fourth-order valence-corrected chi connectivity index (χ4v) is 5.26. The summed E-state index contributed by atoms with van der Waals surface area (Å²) < 4.78 is 39.5. The molecule has 1 aromatic carbocycles. The first kappa shape index (κ1) is 20.4. The van der Waals surface area contributed by atoms with E-state index in [1.165, 1.54) is 31.3 Å². The van der Waals surface area contributed by atoms with Crippen molar-refractivity contribution in [2.45, 2.75) is 23.6 Å². The Morgan fingerprint density at radius 3 is 2.43 bits per heavy atom. The maximum absolute atomic E-state index is 13.0. The van der Waals surface area contributed by atoms with E-state index in [1.54, 1.807) is 0 Å². The Kier molecular flexibility index (Phi) is 5.53. The van der Waals surface area contributed by atoms with Crippen LogP contribution in [-0.2, 0) is 21.4 Å². The average molecular weight is 427 g/mol. The number of nitrogens with two attached hydrogens (primary N) is 1. The van der Waals surface area contributed by atoms with Gasteiger partial charge in [-0.15, -0.1) is 11.3 Å². The molecule has 1 aromatic heterocycles. The standard InChI is InChI=1S/C17H18FN3O5S2/c1-20(9-10-2-6-12(18)7-3-10)28(25,26)14-8-13(15(19)22)17(27-14)21(24)16(23)11-4-5-11/h2-3,6-8,11,24H,4-5,9H2,1H3,(H2,19,22). The van der Waals surface area contributed by atoms with Gasteiger partial charge in [0.2, 0.25) is 0 Å². The SMILES string of the molecule is CN(Cc1ccc(F)cc1)S(=O)(=O)c1cc(C(N)=O)c(N(O)C(=O)C2CC2)s1. The van der Waals surface area contributed by atoms with Crippen LogP contribution in [0.15, 0.2) is 34.5 Å². The monoisotopic (exact) mass is 427 g/mol. The van der Waals surface area contributed by atoms with E-state index in [-0.39, 0.29) is 27.2 Å². The molecule has 1 aliphatic rings. The summed E-state index contributed by atoms with van der Waals surface area (Å²) in [6.45, 7) is -0.0361. The van der Waals surface area contributed by atoms with E-state index in [1.807, 2.05) is 0 Å². The molecule has 3 N–H and O–H groups in total. The van der Waals surface area contributed by atoms with Crippen molar-refractivity contribution in [1.82, 2.24) is 4.31 Å². The molecule has 0 spiro atoms. The van der Waals surface area contributed by atoms with Crippen LogP contribution in [-0.4, -0.2) is 36.8 Å². The topological polar surface area (TPSA) is 121 Å². The molecular formula is C17H18FN3O5S2. The second-order valence-corrected chi connectivity index (χ2v) is 9.76. The van der Waals surface area contributed by atoms with Gasteiger partial charge in [-0.25, -0.2) is 12.8 Å². The van der Waals surface area contributed by atoms with Gasteiger partial charge in [0, 0.05) is 19.5 Å². The molecule has 2 amide bonds. The zero-order chi connectivity index (χ0) is 20.6. The number of hydroxylamine groups is 1. The normalized spacial score (nSPS) is 14.3. The lowest BCUT2D eigenvalue weighted by atomic mass is 10.2. The lowest BCUT2D eigenvalue weighted by Crippen LogP contribution is -2.29. The number of amides is 2. The van der Waals surface area contributed by atoms with Crippen molar-refractivity contribution in [3.8, 4) is 0 Å². The quantitative estimate of drug-likeness (QED) is 0.517. The summed E-state index contributed by atoms with van der Waals surface area (Å²) in [7, 11) is -2.72. The van der Waals surface area contributed by atoms with Crippen molar-refractivity contribution in [2.75, 3.05) is 12.1 Å². The van der Waals surface area contributed by atoms with E-state index in [0.29, 0.717) is 34.8 Å². The molecule has 11 heteroatoms. The summed E-state index contributed by atoms with van der Waals surface area (Å²) in [5, 5.41) is 10.2. The fourth-order valence-electron chi connectivity index (χ4n) is 2.51. The third kappa shape index (κ3) is 4.07. The second-order valence-electron chi connectivity index (χ2n) is 6.46. The van der Waals surface area contributed by atoms with Crippen LogP contribution >= 0.6 is 11.3 Å². The van der Waals surface area contributed by atoms with Crippen LogP contribution in [0.4, 0.5) is 9.39 Å². The van der Waals surface area contributed by atoms with E-state index in [0.717, 1.165) is 10.4 Å². The number of hydrogen-bond donors (Lipinski definition) is 2. The molecule has 0 unspecified atom stereocenters. The molecule has 1 saturated carbocycles. The van der Waals surface area contributed by atoms with Gasteiger partial charge in [0.05, 0.1) is 5.56 Å². The lowest BCUT2D eigenvalue weighted by Gasteiger charge is -2.16. The van der Waals surface area contributed by atoms with Gasteiger partial charge in [-0.05, 0) is 36.6 Å². The fraction of sp³-hybridized carbons (Fsp3) is 0.294. The third-order valence-electron chi connectivity index (χ3n) is 4.27. The number of carbonyl (C=O) groups excluding carboxylic acids is 2. The number of anilines is 1. The van der Waals surface area contributed by atoms with Crippen LogP contribution in [0.2, 0.25) is 0 Å². The Bertz CT molecular complexity index is 1020. The van der Waals surface area contributed by atoms with Crippen molar-refractivity contribution in [1.29, 1.82) is 0 Å². The largest absolute Gasteiger partial charge is 0.366 e.